The van der Waals surface area contributed by atoms with Crippen LogP contribution in [0.25, 0.3) is 0 Å². The first-order valence-corrected chi connectivity index (χ1v) is 5.35. The smallest absolute Gasteiger partial charge is 0.147 e. The van der Waals surface area contributed by atoms with Gasteiger partial charge in [0, 0.05) is 19.1 Å². The molecule has 0 amide bonds. The van der Waals surface area contributed by atoms with Crippen LogP contribution in [0.5, 0.6) is 0 Å². The summed E-state index contributed by atoms with van der Waals surface area (Å²) in [6, 6.07) is 0.653. The topological polar surface area (TPSA) is 32.3 Å². The minimum absolute atomic E-state index is 0.653. The highest BCUT2D eigenvalue weighted by Gasteiger charge is 2.29. The van der Waals surface area contributed by atoms with Crippen LogP contribution in [0.15, 0.2) is 17.0 Å². The van der Waals surface area contributed by atoms with Gasteiger partial charge in [-0.2, -0.15) is 0 Å². The Bertz CT molecular complexity index is 305. The van der Waals surface area contributed by atoms with Gasteiger partial charge in [0.05, 0.1) is 12.4 Å². The van der Waals surface area contributed by atoms with E-state index in [0.717, 1.165) is 23.5 Å². The Kier molecular flexibility index (Phi) is 2.69. The maximum absolute atomic E-state index is 4.29. The van der Waals surface area contributed by atoms with Crippen molar-refractivity contribution in [3.8, 4) is 0 Å². The average Bonchev–Trinajstić information content (AvgIpc) is 2.05. The molecule has 1 fully saturated rings. The molecule has 2 rings (SSSR count). The SMILES string of the molecule is CN(C)C1CN(c2cnc(Br)cn2)C1. The predicted octanol–water partition coefficient (Wildman–Crippen LogP) is 0.989. The van der Waals surface area contributed by atoms with Crippen LogP contribution in [0.4, 0.5) is 5.82 Å². The van der Waals surface area contributed by atoms with Crippen molar-refractivity contribution in [2.24, 2.45) is 0 Å². The zero-order chi connectivity index (χ0) is 10.1. The predicted molar refractivity (Wildman–Crippen MR) is 59.4 cm³/mol. The molecule has 1 aliphatic heterocycles. The van der Waals surface area contributed by atoms with Crippen LogP contribution in [0.2, 0.25) is 0 Å². The van der Waals surface area contributed by atoms with Crippen LogP contribution in [0.1, 0.15) is 0 Å². The van der Waals surface area contributed by atoms with Crippen LogP contribution in [-0.4, -0.2) is 48.1 Å². The van der Waals surface area contributed by atoms with Gasteiger partial charge in [-0.3, -0.25) is 0 Å². The Morgan fingerprint density at radius 1 is 1.36 bits per heavy atom. The molecule has 2 heterocycles. The summed E-state index contributed by atoms with van der Waals surface area (Å²) in [5.41, 5.74) is 0. The first-order valence-electron chi connectivity index (χ1n) is 4.56. The number of likely N-dealkylation sites (N-methyl/N-ethyl adjacent to an activating group) is 1. The van der Waals surface area contributed by atoms with Gasteiger partial charge in [0.25, 0.3) is 0 Å². The third-order valence-corrected chi connectivity index (χ3v) is 2.93. The number of aromatic nitrogens is 2. The molecule has 0 spiro atoms. The molecule has 14 heavy (non-hydrogen) atoms. The fraction of sp³-hybridized carbons (Fsp3) is 0.556. The van der Waals surface area contributed by atoms with Gasteiger partial charge in [0.1, 0.15) is 10.4 Å². The van der Waals surface area contributed by atoms with Crippen LogP contribution < -0.4 is 4.90 Å². The van der Waals surface area contributed by atoms with Crippen molar-refractivity contribution in [2.75, 3.05) is 32.1 Å². The average molecular weight is 257 g/mol. The number of hydrogen-bond donors (Lipinski definition) is 0. The molecule has 1 aromatic heterocycles. The minimum atomic E-state index is 0.653. The highest BCUT2D eigenvalue weighted by atomic mass is 79.9. The highest BCUT2D eigenvalue weighted by molar-refractivity contribution is 9.10. The van der Waals surface area contributed by atoms with Crippen LogP contribution in [0.3, 0.4) is 0 Å². The molecule has 0 unspecified atom stereocenters. The summed E-state index contributed by atoms with van der Waals surface area (Å²) in [4.78, 5) is 12.9. The Morgan fingerprint density at radius 3 is 2.57 bits per heavy atom. The van der Waals surface area contributed by atoms with Crippen molar-refractivity contribution >= 4 is 21.7 Å². The summed E-state index contributed by atoms with van der Waals surface area (Å²) in [5.74, 6) is 0.964. The van der Waals surface area contributed by atoms with Crippen LogP contribution in [-0.2, 0) is 0 Å². The molecule has 4 nitrogen and oxygen atoms in total. The van der Waals surface area contributed by atoms with Crippen molar-refractivity contribution in [2.45, 2.75) is 6.04 Å². The van der Waals surface area contributed by atoms with Gasteiger partial charge in [-0.25, -0.2) is 9.97 Å². The lowest BCUT2D eigenvalue weighted by Gasteiger charge is -2.43. The molecule has 0 bridgehead atoms. The van der Waals surface area contributed by atoms with Crippen molar-refractivity contribution in [3.63, 3.8) is 0 Å². The maximum Gasteiger partial charge on any atom is 0.147 e. The van der Waals surface area contributed by atoms with E-state index in [1.807, 2.05) is 0 Å². The summed E-state index contributed by atoms with van der Waals surface area (Å²) in [6.07, 6.45) is 3.54. The van der Waals surface area contributed by atoms with E-state index in [2.05, 4.69) is 49.8 Å². The van der Waals surface area contributed by atoms with E-state index < -0.39 is 0 Å². The van der Waals surface area contributed by atoms with Crippen molar-refractivity contribution in [1.29, 1.82) is 0 Å². The number of anilines is 1. The molecular weight excluding hydrogens is 244 g/mol. The van der Waals surface area contributed by atoms with Gasteiger partial charge >= 0.3 is 0 Å². The lowest BCUT2D eigenvalue weighted by molar-refractivity contribution is 0.246. The summed E-state index contributed by atoms with van der Waals surface area (Å²) < 4.78 is 0.783. The molecule has 1 aliphatic rings. The van der Waals surface area contributed by atoms with Gasteiger partial charge in [-0.05, 0) is 30.0 Å². The maximum atomic E-state index is 4.29. The Balaban J connectivity index is 1.96. The van der Waals surface area contributed by atoms with Gasteiger partial charge < -0.3 is 9.80 Å². The van der Waals surface area contributed by atoms with Gasteiger partial charge in [-0.1, -0.05) is 0 Å². The Labute approximate surface area is 92.1 Å². The fourth-order valence-electron chi connectivity index (χ4n) is 1.44. The van der Waals surface area contributed by atoms with Gasteiger partial charge in [0.15, 0.2) is 0 Å². The second-order valence-electron chi connectivity index (χ2n) is 3.72. The standard InChI is InChI=1S/C9H13BrN4/c1-13(2)7-5-14(6-7)9-4-11-8(10)3-12-9/h3-4,7H,5-6H2,1-2H3. The van der Waals surface area contributed by atoms with E-state index in [0.29, 0.717) is 6.04 Å². The molecule has 1 aromatic rings. The van der Waals surface area contributed by atoms with Crippen LogP contribution in [0, 0.1) is 0 Å². The van der Waals surface area contributed by atoms with E-state index in [-0.39, 0.29) is 0 Å². The second-order valence-corrected chi connectivity index (χ2v) is 4.53. The third kappa shape index (κ3) is 1.88. The molecule has 76 valence electrons. The van der Waals surface area contributed by atoms with E-state index in [4.69, 9.17) is 0 Å². The zero-order valence-corrected chi connectivity index (χ0v) is 9.90. The largest absolute Gasteiger partial charge is 0.352 e. The summed E-state index contributed by atoms with van der Waals surface area (Å²) >= 11 is 3.27. The third-order valence-electron chi connectivity index (χ3n) is 2.52. The summed E-state index contributed by atoms with van der Waals surface area (Å²) in [5, 5.41) is 0. The molecule has 0 N–H and O–H groups in total. The molecule has 1 saturated heterocycles. The number of halogens is 1. The molecule has 0 aromatic carbocycles. The lowest BCUT2D eigenvalue weighted by Crippen LogP contribution is -2.57. The molecule has 0 saturated carbocycles. The van der Waals surface area contributed by atoms with Crippen molar-refractivity contribution in [1.82, 2.24) is 14.9 Å². The number of nitrogens with zero attached hydrogens (tertiary/aromatic N) is 4. The highest BCUT2D eigenvalue weighted by Crippen LogP contribution is 2.20. The number of hydrogen-bond acceptors (Lipinski definition) is 4. The summed E-state index contributed by atoms with van der Waals surface area (Å²) in [6.45, 7) is 2.09. The molecular formula is C9H13BrN4. The van der Waals surface area contributed by atoms with Gasteiger partial charge in [0.2, 0.25) is 0 Å². The minimum Gasteiger partial charge on any atom is -0.352 e. The lowest BCUT2D eigenvalue weighted by atomic mass is 10.1. The zero-order valence-electron chi connectivity index (χ0n) is 8.31. The van der Waals surface area contributed by atoms with Crippen molar-refractivity contribution in [3.05, 3.63) is 17.0 Å². The molecule has 0 atom stereocenters. The molecule has 0 radical (unpaired) electrons. The number of rotatable bonds is 2. The summed E-state index contributed by atoms with van der Waals surface area (Å²) in [7, 11) is 4.21. The Hall–Kier alpha value is -0.680. The van der Waals surface area contributed by atoms with Crippen molar-refractivity contribution < 1.29 is 0 Å². The molecule has 5 heteroatoms. The van der Waals surface area contributed by atoms with Gasteiger partial charge in [-0.15, -0.1) is 0 Å². The molecule has 0 aliphatic carbocycles. The second kappa shape index (κ2) is 3.82. The Morgan fingerprint density at radius 2 is 2.07 bits per heavy atom. The van der Waals surface area contributed by atoms with E-state index in [1.165, 1.54) is 0 Å². The van der Waals surface area contributed by atoms with Crippen LogP contribution >= 0.6 is 15.9 Å². The van der Waals surface area contributed by atoms with E-state index >= 15 is 0 Å². The fourth-order valence-corrected chi connectivity index (χ4v) is 1.64. The van der Waals surface area contributed by atoms with E-state index in [1.54, 1.807) is 12.4 Å². The van der Waals surface area contributed by atoms with E-state index in [9.17, 15) is 0 Å². The first-order chi connectivity index (χ1) is 6.66. The normalized spacial score (nSPS) is 17.3. The first kappa shape index (κ1) is 9.86. The monoisotopic (exact) mass is 256 g/mol. The quantitative estimate of drug-likeness (QED) is 0.790.